The Kier molecular flexibility index (Phi) is 6.45. The predicted octanol–water partition coefficient (Wildman–Crippen LogP) is 3.50. The van der Waals surface area contributed by atoms with Crippen molar-refractivity contribution < 1.29 is 4.79 Å². The number of aryl methyl sites for hydroxylation is 2. The molecule has 4 heterocycles. The summed E-state index contributed by atoms with van der Waals surface area (Å²) in [7, 11) is 0. The van der Waals surface area contributed by atoms with Crippen LogP contribution in [0, 0.1) is 13.8 Å². The van der Waals surface area contributed by atoms with Crippen molar-refractivity contribution >= 4 is 11.9 Å². The predicted molar refractivity (Wildman–Crippen MR) is 118 cm³/mol. The van der Waals surface area contributed by atoms with E-state index in [0.717, 1.165) is 48.6 Å². The fourth-order valence-corrected chi connectivity index (χ4v) is 3.94. The number of hydrogen-bond donors (Lipinski definition) is 1. The molecule has 4 rings (SSSR count). The van der Waals surface area contributed by atoms with Crippen molar-refractivity contribution in [2.24, 2.45) is 0 Å². The Morgan fingerprint density at radius 3 is 2.71 bits per heavy atom. The third-order valence-corrected chi connectivity index (χ3v) is 5.32. The SMILES string of the molecule is Cc1cc(C)nc(NCCCC(=O)N2CCC[C@@H]2c2ccnc(-c3ccccn3)n2)n1. The highest BCUT2D eigenvalue weighted by Gasteiger charge is 2.30. The summed E-state index contributed by atoms with van der Waals surface area (Å²) in [5.41, 5.74) is 3.48. The number of hydrogen-bond acceptors (Lipinski definition) is 7. The number of anilines is 1. The van der Waals surface area contributed by atoms with Crippen LogP contribution in [0.15, 0.2) is 42.7 Å². The van der Waals surface area contributed by atoms with Crippen molar-refractivity contribution in [2.45, 2.75) is 45.6 Å². The van der Waals surface area contributed by atoms with E-state index in [9.17, 15) is 4.79 Å². The second-order valence-electron chi connectivity index (χ2n) is 7.77. The molecule has 31 heavy (non-hydrogen) atoms. The summed E-state index contributed by atoms with van der Waals surface area (Å²) in [6, 6.07) is 9.51. The molecule has 1 aliphatic heterocycles. The first-order valence-corrected chi connectivity index (χ1v) is 10.7. The highest BCUT2D eigenvalue weighted by atomic mass is 16.2. The molecule has 3 aromatic heterocycles. The zero-order chi connectivity index (χ0) is 21.6. The van der Waals surface area contributed by atoms with E-state index in [1.165, 1.54) is 0 Å². The first-order chi connectivity index (χ1) is 15.1. The minimum Gasteiger partial charge on any atom is -0.354 e. The van der Waals surface area contributed by atoms with Gasteiger partial charge in [-0.15, -0.1) is 0 Å². The van der Waals surface area contributed by atoms with Crippen molar-refractivity contribution in [1.82, 2.24) is 29.8 Å². The van der Waals surface area contributed by atoms with E-state index < -0.39 is 0 Å². The highest BCUT2D eigenvalue weighted by molar-refractivity contribution is 5.77. The summed E-state index contributed by atoms with van der Waals surface area (Å²) >= 11 is 0. The Bertz CT molecular complexity index is 1020. The maximum atomic E-state index is 12.9. The van der Waals surface area contributed by atoms with Crippen LogP contribution in [0.3, 0.4) is 0 Å². The average Bonchev–Trinajstić information content (AvgIpc) is 3.27. The molecule has 0 unspecified atom stereocenters. The van der Waals surface area contributed by atoms with E-state index in [1.807, 2.05) is 49.1 Å². The first-order valence-electron chi connectivity index (χ1n) is 10.7. The molecular formula is C23H27N7O. The topological polar surface area (TPSA) is 96.8 Å². The van der Waals surface area contributed by atoms with Crippen molar-refractivity contribution in [2.75, 3.05) is 18.4 Å². The van der Waals surface area contributed by atoms with Crippen molar-refractivity contribution in [3.8, 4) is 11.5 Å². The Morgan fingerprint density at radius 1 is 1.10 bits per heavy atom. The molecule has 0 aromatic carbocycles. The van der Waals surface area contributed by atoms with Crippen LogP contribution < -0.4 is 5.32 Å². The van der Waals surface area contributed by atoms with E-state index in [-0.39, 0.29) is 11.9 Å². The largest absolute Gasteiger partial charge is 0.354 e. The van der Waals surface area contributed by atoms with E-state index >= 15 is 0 Å². The Labute approximate surface area is 182 Å². The lowest BCUT2D eigenvalue weighted by molar-refractivity contribution is -0.132. The molecule has 1 saturated heterocycles. The quantitative estimate of drug-likeness (QED) is 0.588. The third-order valence-electron chi connectivity index (χ3n) is 5.32. The third kappa shape index (κ3) is 5.20. The second kappa shape index (κ2) is 9.59. The molecule has 3 aromatic rings. The molecule has 0 radical (unpaired) electrons. The van der Waals surface area contributed by atoms with Crippen LogP contribution in [0.25, 0.3) is 11.5 Å². The van der Waals surface area contributed by atoms with Gasteiger partial charge in [-0.3, -0.25) is 9.78 Å². The molecule has 1 amide bonds. The van der Waals surface area contributed by atoms with Gasteiger partial charge in [-0.05, 0) is 57.4 Å². The van der Waals surface area contributed by atoms with Gasteiger partial charge in [0.25, 0.3) is 0 Å². The highest BCUT2D eigenvalue weighted by Crippen LogP contribution is 2.32. The molecule has 1 atom stereocenters. The lowest BCUT2D eigenvalue weighted by atomic mass is 10.1. The number of aromatic nitrogens is 5. The monoisotopic (exact) mass is 417 g/mol. The number of nitrogens with zero attached hydrogens (tertiary/aromatic N) is 6. The number of nitrogens with one attached hydrogen (secondary N) is 1. The maximum absolute atomic E-state index is 12.9. The van der Waals surface area contributed by atoms with Crippen LogP contribution in [0.4, 0.5) is 5.95 Å². The van der Waals surface area contributed by atoms with Gasteiger partial charge in [-0.25, -0.2) is 19.9 Å². The summed E-state index contributed by atoms with van der Waals surface area (Å²) in [6.07, 6.45) is 6.58. The standard InChI is InChI=1S/C23H27N7O/c1-16-15-17(2)28-23(27-16)26-12-5-9-21(31)30-14-6-8-20(30)18-10-13-25-22(29-18)19-7-3-4-11-24-19/h3-4,7,10-11,13,15,20H,5-6,8-9,12,14H2,1-2H3,(H,26,27,28)/t20-/m1/s1. The summed E-state index contributed by atoms with van der Waals surface area (Å²) < 4.78 is 0. The molecular weight excluding hydrogens is 390 g/mol. The van der Waals surface area contributed by atoms with Crippen LogP contribution >= 0.6 is 0 Å². The molecule has 0 saturated carbocycles. The minimum atomic E-state index is -0.00585. The van der Waals surface area contributed by atoms with Gasteiger partial charge in [-0.1, -0.05) is 6.07 Å². The molecule has 0 aliphatic carbocycles. The van der Waals surface area contributed by atoms with E-state index in [1.54, 1.807) is 12.4 Å². The van der Waals surface area contributed by atoms with Crippen molar-refractivity contribution in [3.63, 3.8) is 0 Å². The maximum Gasteiger partial charge on any atom is 0.223 e. The molecule has 1 fully saturated rings. The minimum absolute atomic E-state index is 0.00585. The molecule has 8 heteroatoms. The molecule has 8 nitrogen and oxygen atoms in total. The Hall–Kier alpha value is -3.42. The van der Waals surface area contributed by atoms with Gasteiger partial charge in [0.15, 0.2) is 5.82 Å². The molecule has 0 bridgehead atoms. The van der Waals surface area contributed by atoms with Crippen molar-refractivity contribution in [1.29, 1.82) is 0 Å². The molecule has 1 aliphatic rings. The van der Waals surface area contributed by atoms with Gasteiger partial charge < -0.3 is 10.2 Å². The Morgan fingerprint density at radius 2 is 1.94 bits per heavy atom. The number of pyridine rings is 1. The van der Waals surface area contributed by atoms with Gasteiger partial charge in [0.05, 0.1) is 11.7 Å². The fourth-order valence-electron chi connectivity index (χ4n) is 3.94. The molecule has 1 N–H and O–H groups in total. The lowest BCUT2D eigenvalue weighted by Crippen LogP contribution is -2.31. The second-order valence-corrected chi connectivity index (χ2v) is 7.77. The normalized spacial score (nSPS) is 15.8. The summed E-state index contributed by atoms with van der Waals surface area (Å²) in [4.78, 5) is 37.0. The zero-order valence-corrected chi connectivity index (χ0v) is 18.0. The Balaban J connectivity index is 1.35. The summed E-state index contributed by atoms with van der Waals surface area (Å²) in [5, 5.41) is 3.22. The van der Waals surface area contributed by atoms with Gasteiger partial charge in [0, 0.05) is 43.3 Å². The fraction of sp³-hybridized carbons (Fsp3) is 0.391. The van der Waals surface area contributed by atoms with Gasteiger partial charge in [0.2, 0.25) is 11.9 Å². The van der Waals surface area contributed by atoms with Gasteiger partial charge in [0.1, 0.15) is 5.69 Å². The molecule has 160 valence electrons. The molecule has 0 spiro atoms. The number of likely N-dealkylation sites (tertiary alicyclic amines) is 1. The van der Waals surface area contributed by atoms with Gasteiger partial charge >= 0.3 is 0 Å². The van der Waals surface area contributed by atoms with Crippen molar-refractivity contribution in [3.05, 3.63) is 59.8 Å². The number of carbonyl (C=O) groups excluding carboxylic acids is 1. The van der Waals surface area contributed by atoms with E-state index in [4.69, 9.17) is 4.98 Å². The van der Waals surface area contributed by atoms with E-state index in [2.05, 4.69) is 25.3 Å². The van der Waals surface area contributed by atoms with E-state index in [0.29, 0.717) is 24.7 Å². The average molecular weight is 418 g/mol. The van der Waals surface area contributed by atoms with Crippen LogP contribution in [0.1, 0.15) is 48.8 Å². The number of carbonyl (C=O) groups is 1. The van der Waals surface area contributed by atoms with Crippen LogP contribution in [-0.2, 0) is 4.79 Å². The zero-order valence-electron chi connectivity index (χ0n) is 18.0. The van der Waals surface area contributed by atoms with Crippen LogP contribution in [0.5, 0.6) is 0 Å². The summed E-state index contributed by atoms with van der Waals surface area (Å²) in [5.74, 6) is 1.37. The lowest BCUT2D eigenvalue weighted by Gasteiger charge is -2.24. The summed E-state index contributed by atoms with van der Waals surface area (Å²) in [6.45, 7) is 5.32. The number of rotatable bonds is 7. The number of amides is 1. The van der Waals surface area contributed by atoms with Gasteiger partial charge in [-0.2, -0.15) is 0 Å². The van der Waals surface area contributed by atoms with Crippen LogP contribution in [0.2, 0.25) is 0 Å². The van der Waals surface area contributed by atoms with Crippen LogP contribution in [-0.4, -0.2) is 48.8 Å². The first kappa shape index (κ1) is 20.8. The smallest absolute Gasteiger partial charge is 0.223 e.